The average molecular weight is 259 g/mol. The second-order valence-electron chi connectivity index (χ2n) is 9.67. The summed E-state index contributed by atoms with van der Waals surface area (Å²) in [5.74, 6) is 0. The van der Waals surface area contributed by atoms with Crippen LogP contribution in [0.3, 0.4) is 0 Å². The van der Waals surface area contributed by atoms with Gasteiger partial charge in [-0.15, -0.1) is 11.1 Å². The van der Waals surface area contributed by atoms with Gasteiger partial charge in [0.1, 0.15) is 0 Å². The second kappa shape index (κ2) is 5.08. The summed E-state index contributed by atoms with van der Waals surface area (Å²) in [6, 6.07) is 0. The van der Waals surface area contributed by atoms with Crippen LogP contribution in [0, 0.1) is 16.2 Å². The molecule has 0 saturated carbocycles. The van der Waals surface area contributed by atoms with Gasteiger partial charge in [-0.3, -0.25) is 0 Å². The molecule has 0 unspecified atom stereocenters. The van der Waals surface area contributed by atoms with Gasteiger partial charge in [-0.1, -0.05) is 82.1 Å². The maximum absolute atomic E-state index is 5.07. The van der Waals surface area contributed by atoms with E-state index in [1.807, 2.05) is 0 Å². The summed E-state index contributed by atoms with van der Waals surface area (Å²) in [7, 11) is 0. The van der Waals surface area contributed by atoms with Crippen molar-refractivity contribution in [3.8, 4) is 0 Å². The molecule has 108 valence electrons. The number of hydrogen-bond acceptors (Lipinski definition) is 0. The van der Waals surface area contributed by atoms with Gasteiger partial charge < -0.3 is 5.32 Å². The zero-order valence-corrected chi connectivity index (χ0v) is 15.4. The molecule has 1 aliphatic rings. The standard InChI is InChI=1S/C17H34N.Li/c1-13(2,3)17(14(4,5)6)11-15(7,8)18-16(9,10)12-17;/h11-12H2,1-10H3;/q-1;+1. The zero-order valence-electron chi connectivity index (χ0n) is 15.4. The molecule has 1 heterocycles. The SMILES string of the molecule is CC1(C)CC(C(C)(C)C)(C(C)(C)C)CC(C)(C)[N-]1.[Li+]. The monoisotopic (exact) mass is 259 g/mol. The van der Waals surface area contributed by atoms with E-state index in [4.69, 9.17) is 5.32 Å². The maximum atomic E-state index is 5.07. The molecule has 0 spiro atoms. The maximum Gasteiger partial charge on any atom is 1.00 e. The Bertz CT molecular complexity index is 283. The summed E-state index contributed by atoms with van der Waals surface area (Å²) in [4.78, 5) is 0. The molecule has 1 aliphatic heterocycles. The Kier molecular flexibility index (Phi) is 5.23. The van der Waals surface area contributed by atoms with E-state index >= 15 is 0 Å². The van der Waals surface area contributed by atoms with Crippen LogP contribution >= 0.6 is 0 Å². The van der Waals surface area contributed by atoms with Gasteiger partial charge in [0.25, 0.3) is 0 Å². The van der Waals surface area contributed by atoms with E-state index in [-0.39, 0.29) is 29.9 Å². The van der Waals surface area contributed by atoms with Crippen molar-refractivity contribution in [2.45, 2.75) is 93.2 Å². The molecule has 0 aromatic carbocycles. The fourth-order valence-corrected chi connectivity index (χ4v) is 4.62. The fraction of sp³-hybridized carbons (Fsp3) is 1.00. The zero-order chi connectivity index (χ0) is 14.6. The summed E-state index contributed by atoms with van der Waals surface area (Å²) in [6.45, 7) is 23.7. The Morgan fingerprint density at radius 2 is 0.947 bits per heavy atom. The fourth-order valence-electron chi connectivity index (χ4n) is 4.62. The minimum absolute atomic E-state index is 0. The number of rotatable bonds is 0. The molecule has 0 radical (unpaired) electrons. The Morgan fingerprint density at radius 1 is 0.684 bits per heavy atom. The summed E-state index contributed by atoms with van der Waals surface area (Å²) < 4.78 is 0. The van der Waals surface area contributed by atoms with Crippen molar-refractivity contribution < 1.29 is 18.9 Å². The van der Waals surface area contributed by atoms with Crippen molar-refractivity contribution in [3.05, 3.63) is 5.32 Å². The van der Waals surface area contributed by atoms with E-state index in [0.717, 1.165) is 0 Å². The molecule has 0 bridgehead atoms. The molecule has 19 heavy (non-hydrogen) atoms. The van der Waals surface area contributed by atoms with Gasteiger partial charge in [-0.25, -0.2) is 0 Å². The van der Waals surface area contributed by atoms with Crippen molar-refractivity contribution in [1.29, 1.82) is 0 Å². The number of nitrogens with zero attached hydrogens (tertiary/aromatic N) is 1. The molecule has 0 amide bonds. The van der Waals surface area contributed by atoms with Crippen LogP contribution in [-0.4, -0.2) is 11.1 Å². The Hall–Kier alpha value is 0.557. The first-order valence-electron chi connectivity index (χ1n) is 7.36. The molecule has 1 saturated heterocycles. The molecule has 0 atom stereocenters. The molecular formula is C17H34LiN. The van der Waals surface area contributed by atoms with Gasteiger partial charge >= 0.3 is 18.9 Å². The summed E-state index contributed by atoms with van der Waals surface area (Å²) in [6.07, 6.45) is 2.38. The predicted octanol–water partition coefficient (Wildman–Crippen LogP) is 2.79. The molecule has 0 N–H and O–H groups in total. The van der Waals surface area contributed by atoms with E-state index in [1.54, 1.807) is 0 Å². The van der Waals surface area contributed by atoms with Crippen molar-refractivity contribution >= 4 is 0 Å². The number of piperidine rings is 1. The van der Waals surface area contributed by atoms with Crippen LogP contribution in [0.25, 0.3) is 5.32 Å². The molecule has 2 heteroatoms. The van der Waals surface area contributed by atoms with E-state index in [9.17, 15) is 0 Å². The molecule has 0 aliphatic carbocycles. The van der Waals surface area contributed by atoms with Crippen LogP contribution < -0.4 is 18.9 Å². The first-order chi connectivity index (χ1) is 7.62. The molecule has 0 aromatic rings. The van der Waals surface area contributed by atoms with Crippen molar-refractivity contribution in [3.63, 3.8) is 0 Å². The van der Waals surface area contributed by atoms with Crippen molar-refractivity contribution in [2.75, 3.05) is 0 Å². The van der Waals surface area contributed by atoms with Crippen LogP contribution in [-0.2, 0) is 0 Å². The van der Waals surface area contributed by atoms with Crippen LogP contribution in [0.15, 0.2) is 0 Å². The van der Waals surface area contributed by atoms with Crippen molar-refractivity contribution in [2.24, 2.45) is 16.2 Å². The van der Waals surface area contributed by atoms with Crippen LogP contribution in [0.4, 0.5) is 0 Å². The second-order valence-corrected chi connectivity index (χ2v) is 9.67. The minimum atomic E-state index is 0. The van der Waals surface area contributed by atoms with Gasteiger partial charge in [0, 0.05) is 0 Å². The summed E-state index contributed by atoms with van der Waals surface area (Å²) in [5, 5.41) is 5.07. The molecule has 1 fully saturated rings. The van der Waals surface area contributed by atoms with Gasteiger partial charge in [0.05, 0.1) is 0 Å². The predicted molar refractivity (Wildman–Crippen MR) is 82.1 cm³/mol. The summed E-state index contributed by atoms with van der Waals surface area (Å²) in [5.41, 5.74) is 1.10. The van der Waals surface area contributed by atoms with E-state index in [2.05, 4.69) is 69.2 Å². The Morgan fingerprint density at radius 3 is 1.16 bits per heavy atom. The molecule has 1 rings (SSSR count). The topological polar surface area (TPSA) is 14.1 Å². The first-order valence-corrected chi connectivity index (χ1v) is 7.36. The smallest absolute Gasteiger partial charge is 0.652 e. The molecule has 1 nitrogen and oxygen atoms in total. The van der Waals surface area contributed by atoms with Crippen LogP contribution in [0.5, 0.6) is 0 Å². The Labute approximate surface area is 133 Å². The third-order valence-corrected chi connectivity index (χ3v) is 4.95. The van der Waals surface area contributed by atoms with Crippen LogP contribution in [0.2, 0.25) is 0 Å². The van der Waals surface area contributed by atoms with E-state index in [0.29, 0.717) is 16.2 Å². The van der Waals surface area contributed by atoms with E-state index < -0.39 is 0 Å². The Balaban J connectivity index is 0.00000324. The first kappa shape index (κ1) is 19.6. The largest absolute Gasteiger partial charge is 1.00 e. The summed E-state index contributed by atoms with van der Waals surface area (Å²) >= 11 is 0. The van der Waals surface area contributed by atoms with Crippen molar-refractivity contribution in [1.82, 2.24) is 0 Å². The van der Waals surface area contributed by atoms with Gasteiger partial charge in [0.2, 0.25) is 0 Å². The average Bonchev–Trinajstić information content (AvgIpc) is 1.92. The third-order valence-electron chi connectivity index (χ3n) is 4.95. The number of hydrogen-bond donors (Lipinski definition) is 0. The minimum Gasteiger partial charge on any atom is -0.652 e. The van der Waals surface area contributed by atoms with Gasteiger partial charge in [0.15, 0.2) is 0 Å². The normalized spacial score (nSPS) is 25.6. The van der Waals surface area contributed by atoms with E-state index in [1.165, 1.54) is 12.8 Å². The van der Waals surface area contributed by atoms with Gasteiger partial charge in [-0.2, -0.15) is 0 Å². The third kappa shape index (κ3) is 3.81. The van der Waals surface area contributed by atoms with Crippen LogP contribution in [0.1, 0.15) is 82.1 Å². The molecule has 0 aromatic heterocycles. The quantitative estimate of drug-likeness (QED) is 0.594. The van der Waals surface area contributed by atoms with Gasteiger partial charge in [-0.05, 0) is 16.2 Å². The molecular weight excluding hydrogens is 225 g/mol.